The third-order valence-electron chi connectivity index (χ3n) is 4.72. The first kappa shape index (κ1) is 22.0. The molecule has 1 amide bonds. The lowest BCUT2D eigenvalue weighted by molar-refractivity contribution is 0.102. The van der Waals surface area contributed by atoms with Crippen molar-refractivity contribution >= 4 is 21.6 Å². The van der Waals surface area contributed by atoms with Gasteiger partial charge in [0.05, 0.1) is 18.4 Å². The zero-order chi connectivity index (χ0) is 22.1. The molecule has 0 atom stereocenters. The Morgan fingerprint density at radius 3 is 2.30 bits per heavy atom. The summed E-state index contributed by atoms with van der Waals surface area (Å²) in [6.07, 6.45) is 2.23. The SMILES string of the molecule is COc1ccc(NC(=O)c2cc(F)c(F)c(F)c2F)c(S(=O)(=O)N2CCCCC2)c1. The largest absolute Gasteiger partial charge is 0.497 e. The Kier molecular flexibility index (Phi) is 6.32. The number of anilines is 1. The van der Waals surface area contributed by atoms with Crippen molar-refractivity contribution in [3.63, 3.8) is 0 Å². The molecule has 1 N–H and O–H groups in total. The molecular formula is C19H18F4N2O4S. The molecule has 1 saturated heterocycles. The van der Waals surface area contributed by atoms with Gasteiger partial charge in [0.1, 0.15) is 10.6 Å². The van der Waals surface area contributed by atoms with Gasteiger partial charge < -0.3 is 10.1 Å². The zero-order valence-electron chi connectivity index (χ0n) is 15.8. The van der Waals surface area contributed by atoms with Crippen LogP contribution in [-0.4, -0.2) is 38.8 Å². The highest BCUT2D eigenvalue weighted by Crippen LogP contribution is 2.31. The van der Waals surface area contributed by atoms with Crippen molar-refractivity contribution in [2.24, 2.45) is 0 Å². The molecule has 162 valence electrons. The molecule has 0 aliphatic carbocycles. The third-order valence-corrected chi connectivity index (χ3v) is 6.66. The van der Waals surface area contributed by atoms with Gasteiger partial charge in [0.2, 0.25) is 10.0 Å². The normalized spacial score (nSPS) is 15.1. The van der Waals surface area contributed by atoms with Gasteiger partial charge in [-0.1, -0.05) is 6.42 Å². The summed E-state index contributed by atoms with van der Waals surface area (Å²) >= 11 is 0. The summed E-state index contributed by atoms with van der Waals surface area (Å²) in [5.74, 6) is -8.99. The summed E-state index contributed by atoms with van der Waals surface area (Å²) in [6.45, 7) is 0.575. The number of piperidine rings is 1. The van der Waals surface area contributed by atoms with Crippen LogP contribution in [0.25, 0.3) is 0 Å². The van der Waals surface area contributed by atoms with Gasteiger partial charge in [0.25, 0.3) is 5.91 Å². The molecule has 2 aromatic carbocycles. The number of rotatable bonds is 5. The van der Waals surface area contributed by atoms with Crippen molar-refractivity contribution in [2.75, 3.05) is 25.5 Å². The molecule has 6 nitrogen and oxygen atoms in total. The van der Waals surface area contributed by atoms with E-state index in [9.17, 15) is 30.8 Å². The molecule has 1 fully saturated rings. The minimum atomic E-state index is -4.05. The second-order valence-electron chi connectivity index (χ2n) is 6.63. The monoisotopic (exact) mass is 446 g/mol. The number of sulfonamides is 1. The molecule has 1 aliphatic rings. The fourth-order valence-electron chi connectivity index (χ4n) is 3.12. The van der Waals surface area contributed by atoms with Crippen LogP contribution >= 0.6 is 0 Å². The van der Waals surface area contributed by atoms with Crippen LogP contribution < -0.4 is 10.1 Å². The fourth-order valence-corrected chi connectivity index (χ4v) is 4.80. The highest BCUT2D eigenvalue weighted by molar-refractivity contribution is 7.89. The molecule has 3 rings (SSSR count). The standard InChI is InChI=1S/C19H18F4N2O4S/c1-29-11-5-6-14(15(9-11)30(27,28)25-7-3-2-4-8-25)24-19(26)12-10-13(20)17(22)18(23)16(12)21/h5-6,9-10H,2-4,7-8H2,1H3,(H,24,26). The van der Waals surface area contributed by atoms with Crippen molar-refractivity contribution in [3.8, 4) is 5.75 Å². The van der Waals surface area contributed by atoms with Gasteiger partial charge in [-0.3, -0.25) is 4.79 Å². The minimum Gasteiger partial charge on any atom is -0.497 e. The molecule has 0 saturated carbocycles. The topological polar surface area (TPSA) is 75.7 Å². The summed E-state index contributed by atoms with van der Waals surface area (Å²) in [4.78, 5) is 12.1. The first-order chi connectivity index (χ1) is 14.2. The van der Waals surface area contributed by atoms with Gasteiger partial charge in [-0.05, 0) is 31.0 Å². The molecule has 0 aromatic heterocycles. The summed E-state index contributed by atoms with van der Waals surface area (Å²) in [7, 11) is -2.73. The van der Waals surface area contributed by atoms with E-state index in [-0.39, 0.29) is 35.5 Å². The van der Waals surface area contributed by atoms with Crippen LogP contribution in [-0.2, 0) is 10.0 Å². The zero-order valence-corrected chi connectivity index (χ0v) is 16.7. The Bertz CT molecular complexity index is 1090. The minimum absolute atomic E-state index is 0.189. The van der Waals surface area contributed by atoms with Crippen LogP contribution in [0.15, 0.2) is 29.2 Å². The van der Waals surface area contributed by atoms with Crippen LogP contribution in [0.4, 0.5) is 23.2 Å². The third kappa shape index (κ3) is 4.12. The van der Waals surface area contributed by atoms with E-state index in [0.717, 1.165) is 6.42 Å². The molecule has 0 radical (unpaired) electrons. The molecule has 0 unspecified atom stereocenters. The molecule has 30 heavy (non-hydrogen) atoms. The maximum atomic E-state index is 14.0. The van der Waals surface area contributed by atoms with Crippen LogP contribution in [0.2, 0.25) is 0 Å². The summed E-state index contributed by atoms with van der Waals surface area (Å²) in [5.41, 5.74) is -1.35. The number of hydrogen-bond acceptors (Lipinski definition) is 4. The van der Waals surface area contributed by atoms with E-state index in [2.05, 4.69) is 5.32 Å². The Labute approximate surface area is 170 Å². The van der Waals surface area contributed by atoms with Gasteiger partial charge in [-0.25, -0.2) is 26.0 Å². The van der Waals surface area contributed by atoms with E-state index in [4.69, 9.17) is 4.74 Å². The van der Waals surface area contributed by atoms with Crippen molar-refractivity contribution in [3.05, 3.63) is 53.1 Å². The van der Waals surface area contributed by atoms with E-state index < -0.39 is 44.8 Å². The lowest BCUT2D eigenvalue weighted by Crippen LogP contribution is -2.36. The van der Waals surface area contributed by atoms with E-state index in [0.29, 0.717) is 12.8 Å². The van der Waals surface area contributed by atoms with Crippen molar-refractivity contribution < 1.29 is 35.5 Å². The van der Waals surface area contributed by atoms with E-state index in [1.807, 2.05) is 0 Å². The Morgan fingerprint density at radius 1 is 1.00 bits per heavy atom. The Hall–Kier alpha value is -2.66. The number of carbonyl (C=O) groups excluding carboxylic acids is 1. The van der Waals surface area contributed by atoms with Gasteiger partial charge in [0, 0.05) is 19.2 Å². The number of methoxy groups -OCH3 is 1. The van der Waals surface area contributed by atoms with Crippen LogP contribution in [0.3, 0.4) is 0 Å². The maximum absolute atomic E-state index is 14.0. The Balaban J connectivity index is 2.02. The number of amides is 1. The first-order valence-electron chi connectivity index (χ1n) is 8.99. The van der Waals surface area contributed by atoms with Crippen molar-refractivity contribution in [1.82, 2.24) is 4.31 Å². The number of hydrogen-bond donors (Lipinski definition) is 1. The number of carbonyl (C=O) groups is 1. The lowest BCUT2D eigenvalue weighted by atomic mass is 10.1. The maximum Gasteiger partial charge on any atom is 0.258 e. The fraction of sp³-hybridized carbons (Fsp3) is 0.316. The molecule has 0 bridgehead atoms. The van der Waals surface area contributed by atoms with Gasteiger partial charge in [-0.2, -0.15) is 4.31 Å². The second kappa shape index (κ2) is 8.60. The van der Waals surface area contributed by atoms with Crippen molar-refractivity contribution in [1.29, 1.82) is 0 Å². The second-order valence-corrected chi connectivity index (χ2v) is 8.54. The number of halogens is 4. The average molecular weight is 446 g/mol. The highest BCUT2D eigenvalue weighted by atomic mass is 32.2. The van der Waals surface area contributed by atoms with Gasteiger partial charge in [-0.15, -0.1) is 0 Å². The molecule has 2 aromatic rings. The van der Waals surface area contributed by atoms with Gasteiger partial charge in [0.15, 0.2) is 23.3 Å². The predicted molar refractivity (Wildman–Crippen MR) is 99.8 cm³/mol. The molecular weight excluding hydrogens is 428 g/mol. The van der Waals surface area contributed by atoms with Crippen LogP contribution in [0, 0.1) is 23.3 Å². The molecule has 11 heteroatoms. The number of nitrogens with one attached hydrogen (secondary N) is 1. The predicted octanol–water partition coefficient (Wildman–Crippen LogP) is 3.68. The molecule has 1 aliphatic heterocycles. The van der Waals surface area contributed by atoms with E-state index >= 15 is 0 Å². The highest BCUT2D eigenvalue weighted by Gasteiger charge is 2.30. The smallest absolute Gasteiger partial charge is 0.258 e. The number of nitrogens with zero attached hydrogens (tertiary/aromatic N) is 1. The van der Waals surface area contributed by atoms with Crippen LogP contribution in [0.5, 0.6) is 5.75 Å². The quantitative estimate of drug-likeness (QED) is 0.432. The van der Waals surface area contributed by atoms with Crippen LogP contribution in [0.1, 0.15) is 29.6 Å². The average Bonchev–Trinajstić information content (AvgIpc) is 2.75. The Morgan fingerprint density at radius 2 is 1.67 bits per heavy atom. The summed E-state index contributed by atoms with van der Waals surface area (Å²) in [6, 6.07) is 3.95. The molecule has 1 heterocycles. The first-order valence-corrected chi connectivity index (χ1v) is 10.4. The molecule has 0 spiro atoms. The number of ether oxygens (including phenoxy) is 1. The lowest BCUT2D eigenvalue weighted by Gasteiger charge is -2.27. The number of benzene rings is 2. The van der Waals surface area contributed by atoms with Gasteiger partial charge >= 0.3 is 0 Å². The van der Waals surface area contributed by atoms with Crippen molar-refractivity contribution in [2.45, 2.75) is 24.2 Å². The summed E-state index contributed by atoms with van der Waals surface area (Å²) < 4.78 is 86.5. The summed E-state index contributed by atoms with van der Waals surface area (Å²) in [5, 5.41) is 2.14. The van der Waals surface area contributed by atoms with E-state index in [1.54, 1.807) is 0 Å². The van der Waals surface area contributed by atoms with E-state index in [1.165, 1.54) is 29.6 Å².